The van der Waals surface area contributed by atoms with Crippen molar-refractivity contribution >= 4 is 28.9 Å². The maximum absolute atomic E-state index is 12.2. The largest absolute Gasteiger partial charge is 0.393 e. The molecule has 9 nitrogen and oxygen atoms in total. The second-order valence-corrected chi connectivity index (χ2v) is 8.95. The number of hydrogen-bond acceptors (Lipinski definition) is 8. The number of benzene rings is 1. The van der Waals surface area contributed by atoms with Crippen LogP contribution >= 0.6 is 0 Å². The summed E-state index contributed by atoms with van der Waals surface area (Å²) in [5.74, 6) is 0.411. The number of anilines is 4. The van der Waals surface area contributed by atoms with Crippen molar-refractivity contribution in [2.45, 2.75) is 58.1 Å². The van der Waals surface area contributed by atoms with Crippen LogP contribution in [0.15, 0.2) is 18.2 Å². The molecule has 6 N–H and O–H groups in total. The van der Waals surface area contributed by atoms with Crippen LogP contribution in [-0.2, 0) is 6.42 Å². The highest BCUT2D eigenvalue weighted by Gasteiger charge is 2.23. The summed E-state index contributed by atoms with van der Waals surface area (Å²) in [4.78, 5) is 23.8. The minimum absolute atomic E-state index is 0.139. The Morgan fingerprint density at radius 3 is 2.55 bits per heavy atom. The molecular weight excluding hydrogens is 418 g/mol. The maximum Gasteiger partial charge on any atom is 0.271 e. The van der Waals surface area contributed by atoms with E-state index in [1.54, 1.807) is 0 Å². The van der Waals surface area contributed by atoms with Gasteiger partial charge in [0.05, 0.1) is 11.8 Å². The molecule has 1 saturated carbocycles. The first kappa shape index (κ1) is 23.3. The van der Waals surface area contributed by atoms with Crippen LogP contribution in [-0.4, -0.2) is 59.3 Å². The first-order chi connectivity index (χ1) is 15.9. The molecule has 2 heterocycles. The third kappa shape index (κ3) is 5.54. The summed E-state index contributed by atoms with van der Waals surface area (Å²) >= 11 is 0. The lowest BCUT2D eigenvalue weighted by molar-refractivity contribution is 0.0996. The normalized spacial score (nSPS) is 21.0. The SMILES string of the molecule is CCc1nc(C(N)=O)c(Nc2ccc(N3CCNCC3)c(C)c2)nc1NC1CCC(O)CC1. The Hall–Kier alpha value is -2.91. The molecule has 2 fully saturated rings. The van der Waals surface area contributed by atoms with Crippen molar-refractivity contribution in [2.75, 3.05) is 41.7 Å². The van der Waals surface area contributed by atoms with Gasteiger partial charge >= 0.3 is 0 Å². The number of amides is 1. The number of carbonyl (C=O) groups excluding carboxylic acids is 1. The van der Waals surface area contributed by atoms with Gasteiger partial charge in [0.1, 0.15) is 5.82 Å². The summed E-state index contributed by atoms with van der Waals surface area (Å²) < 4.78 is 0. The van der Waals surface area contributed by atoms with Gasteiger partial charge in [0.25, 0.3) is 5.91 Å². The Morgan fingerprint density at radius 1 is 1.18 bits per heavy atom. The summed E-state index contributed by atoms with van der Waals surface area (Å²) in [6.45, 7) is 8.00. The molecule has 1 aliphatic heterocycles. The molecule has 4 rings (SSSR count). The van der Waals surface area contributed by atoms with Gasteiger partial charge in [-0.25, -0.2) is 9.97 Å². The number of primary amides is 1. The van der Waals surface area contributed by atoms with Gasteiger partial charge in [-0.3, -0.25) is 4.79 Å². The van der Waals surface area contributed by atoms with Gasteiger partial charge in [0, 0.05) is 43.6 Å². The third-order valence-corrected chi connectivity index (χ3v) is 6.49. The van der Waals surface area contributed by atoms with E-state index in [0.29, 0.717) is 23.8 Å². The van der Waals surface area contributed by atoms with Crippen LogP contribution < -0.4 is 26.6 Å². The van der Waals surface area contributed by atoms with Crippen molar-refractivity contribution in [3.63, 3.8) is 0 Å². The molecule has 178 valence electrons. The number of nitrogens with zero attached hydrogens (tertiary/aromatic N) is 3. The number of aliphatic hydroxyl groups excluding tert-OH is 1. The maximum atomic E-state index is 12.2. The zero-order chi connectivity index (χ0) is 23.4. The van der Waals surface area contributed by atoms with Crippen molar-refractivity contribution in [1.29, 1.82) is 0 Å². The first-order valence-corrected chi connectivity index (χ1v) is 11.9. The number of nitrogens with two attached hydrogens (primary N) is 1. The second-order valence-electron chi connectivity index (χ2n) is 8.95. The number of rotatable bonds is 7. The molecule has 1 saturated heterocycles. The predicted octanol–water partition coefficient (Wildman–Crippen LogP) is 2.31. The van der Waals surface area contributed by atoms with Crippen LogP contribution in [0.4, 0.5) is 23.0 Å². The van der Waals surface area contributed by atoms with E-state index in [2.05, 4.69) is 44.9 Å². The molecular formula is C24H35N7O2. The number of hydrogen-bond donors (Lipinski definition) is 5. The second kappa shape index (κ2) is 10.4. The highest BCUT2D eigenvalue weighted by molar-refractivity contribution is 5.96. The molecule has 9 heteroatoms. The van der Waals surface area contributed by atoms with Gasteiger partial charge in [-0.15, -0.1) is 0 Å². The Balaban J connectivity index is 1.59. The number of aliphatic hydroxyl groups is 1. The van der Waals surface area contributed by atoms with E-state index in [-0.39, 0.29) is 17.8 Å². The van der Waals surface area contributed by atoms with Crippen molar-refractivity contribution in [3.8, 4) is 0 Å². The Kier molecular flexibility index (Phi) is 7.29. The van der Waals surface area contributed by atoms with Crippen LogP contribution in [0.2, 0.25) is 0 Å². The van der Waals surface area contributed by atoms with Gasteiger partial charge in [-0.1, -0.05) is 6.92 Å². The zero-order valence-corrected chi connectivity index (χ0v) is 19.5. The summed E-state index contributed by atoms with van der Waals surface area (Å²) in [7, 11) is 0. The Bertz CT molecular complexity index is 983. The topological polar surface area (TPSA) is 128 Å². The first-order valence-electron chi connectivity index (χ1n) is 11.9. The van der Waals surface area contributed by atoms with Crippen molar-refractivity contribution in [1.82, 2.24) is 15.3 Å². The number of carbonyl (C=O) groups is 1. The van der Waals surface area contributed by atoms with Crippen LogP contribution in [0.1, 0.15) is 54.4 Å². The highest BCUT2D eigenvalue weighted by Crippen LogP contribution is 2.29. The quantitative estimate of drug-likeness (QED) is 0.432. The van der Waals surface area contributed by atoms with Crippen LogP contribution in [0.25, 0.3) is 0 Å². The predicted molar refractivity (Wildman–Crippen MR) is 131 cm³/mol. The molecule has 0 atom stereocenters. The molecule has 1 aromatic carbocycles. The van der Waals surface area contributed by atoms with E-state index in [4.69, 9.17) is 10.7 Å². The van der Waals surface area contributed by atoms with Gasteiger partial charge in [0.15, 0.2) is 11.5 Å². The summed E-state index contributed by atoms with van der Waals surface area (Å²) in [5.41, 5.74) is 9.70. The highest BCUT2D eigenvalue weighted by atomic mass is 16.3. The molecule has 0 unspecified atom stereocenters. The Morgan fingerprint density at radius 2 is 1.91 bits per heavy atom. The standard InChI is InChI=1S/C24H35N7O2/c1-3-19-23(27-16-4-7-18(32)8-5-16)30-24(21(29-19)22(25)33)28-17-6-9-20(15(2)14-17)31-12-10-26-11-13-31/h6,9,14,16,18,26,32H,3-5,7-8,10-13H2,1-2H3,(H2,25,33)(H2,27,28,30). The van der Waals surface area contributed by atoms with Gasteiger partial charge in [0.2, 0.25) is 0 Å². The van der Waals surface area contributed by atoms with Crippen molar-refractivity contribution in [3.05, 3.63) is 35.2 Å². The molecule has 1 aromatic heterocycles. The summed E-state index contributed by atoms with van der Waals surface area (Å²) in [5, 5.41) is 19.9. The smallest absolute Gasteiger partial charge is 0.271 e. The molecule has 0 bridgehead atoms. The van der Waals surface area contributed by atoms with Crippen LogP contribution in [0.5, 0.6) is 0 Å². The molecule has 0 spiro atoms. The average Bonchev–Trinajstić information content (AvgIpc) is 2.81. The lowest BCUT2D eigenvalue weighted by atomic mass is 9.93. The molecule has 1 amide bonds. The number of piperazine rings is 1. The third-order valence-electron chi connectivity index (χ3n) is 6.49. The minimum Gasteiger partial charge on any atom is -0.393 e. The Labute approximate surface area is 195 Å². The van der Waals surface area contributed by atoms with E-state index in [9.17, 15) is 9.90 Å². The lowest BCUT2D eigenvalue weighted by Crippen LogP contribution is -2.43. The number of aromatic nitrogens is 2. The fraction of sp³-hybridized carbons (Fsp3) is 0.542. The molecule has 0 radical (unpaired) electrons. The van der Waals surface area contributed by atoms with E-state index >= 15 is 0 Å². The van der Waals surface area contributed by atoms with E-state index in [1.165, 1.54) is 5.69 Å². The molecule has 33 heavy (non-hydrogen) atoms. The van der Waals surface area contributed by atoms with Crippen molar-refractivity contribution < 1.29 is 9.90 Å². The van der Waals surface area contributed by atoms with Crippen LogP contribution in [0.3, 0.4) is 0 Å². The van der Waals surface area contributed by atoms with Gasteiger partial charge in [-0.05, 0) is 62.8 Å². The summed E-state index contributed by atoms with van der Waals surface area (Å²) in [6.07, 6.45) is 3.70. The van der Waals surface area contributed by atoms with E-state index < -0.39 is 5.91 Å². The van der Waals surface area contributed by atoms with Crippen LogP contribution in [0, 0.1) is 6.92 Å². The molecule has 2 aromatic rings. The minimum atomic E-state index is -0.610. The number of nitrogens with one attached hydrogen (secondary N) is 3. The monoisotopic (exact) mass is 453 g/mol. The van der Waals surface area contributed by atoms with Gasteiger partial charge in [-0.2, -0.15) is 0 Å². The van der Waals surface area contributed by atoms with Crippen molar-refractivity contribution in [2.24, 2.45) is 5.73 Å². The fourth-order valence-electron chi connectivity index (χ4n) is 4.64. The lowest BCUT2D eigenvalue weighted by Gasteiger charge is -2.31. The number of aryl methyl sites for hydroxylation is 2. The van der Waals surface area contributed by atoms with E-state index in [1.807, 2.05) is 13.0 Å². The molecule has 2 aliphatic rings. The molecule has 1 aliphatic carbocycles. The van der Waals surface area contributed by atoms with E-state index in [0.717, 1.165) is 63.1 Å². The zero-order valence-electron chi connectivity index (χ0n) is 19.5. The average molecular weight is 454 g/mol. The summed E-state index contributed by atoms with van der Waals surface area (Å²) in [6, 6.07) is 6.39. The fourth-order valence-corrected chi connectivity index (χ4v) is 4.64. The van der Waals surface area contributed by atoms with Gasteiger partial charge < -0.3 is 31.7 Å².